The summed E-state index contributed by atoms with van der Waals surface area (Å²) in [5, 5.41) is 0. The molecule has 0 fully saturated rings. The van der Waals surface area contributed by atoms with Gasteiger partial charge in [-0.15, -0.1) is 11.8 Å². The summed E-state index contributed by atoms with van der Waals surface area (Å²) < 4.78 is 0. The average Bonchev–Trinajstić information content (AvgIpc) is 2.66. The largest absolute Gasteiger partial charge is 0.295 e. The van der Waals surface area contributed by atoms with Gasteiger partial charge in [0.2, 0.25) is 0 Å². The summed E-state index contributed by atoms with van der Waals surface area (Å²) in [4.78, 5) is 13.1. The quantitative estimate of drug-likeness (QED) is 0.785. The molecule has 18 heavy (non-hydrogen) atoms. The van der Waals surface area contributed by atoms with Gasteiger partial charge in [0.05, 0.1) is 0 Å². The van der Waals surface area contributed by atoms with E-state index < -0.39 is 0 Å². The Balaban J connectivity index is 1.76. The van der Waals surface area contributed by atoms with E-state index in [0.717, 1.165) is 25.7 Å². The summed E-state index contributed by atoms with van der Waals surface area (Å²) in [5.41, 5.74) is 2.86. The van der Waals surface area contributed by atoms with Crippen molar-refractivity contribution in [3.05, 3.63) is 41.5 Å². The average molecular weight is 258 g/mol. The van der Waals surface area contributed by atoms with Crippen LogP contribution in [0.2, 0.25) is 0 Å². The van der Waals surface area contributed by atoms with Gasteiger partial charge in [0.25, 0.3) is 0 Å². The van der Waals surface area contributed by atoms with Crippen molar-refractivity contribution in [3.8, 4) is 0 Å². The number of ketones is 1. The minimum Gasteiger partial charge on any atom is -0.295 e. The molecule has 1 aromatic carbocycles. The van der Waals surface area contributed by atoms with Crippen LogP contribution < -0.4 is 0 Å². The number of fused-ring (bicyclic) bond motifs is 1. The highest BCUT2D eigenvalue weighted by atomic mass is 32.2. The predicted octanol–water partition coefficient (Wildman–Crippen LogP) is 4.34. The van der Waals surface area contributed by atoms with Crippen LogP contribution in [0.5, 0.6) is 0 Å². The summed E-state index contributed by atoms with van der Waals surface area (Å²) in [6, 6.07) is 8.71. The molecule has 0 radical (unpaired) electrons. The molecule has 1 atom stereocenters. The number of thioether (sulfide) groups is 1. The molecule has 2 aliphatic rings. The van der Waals surface area contributed by atoms with Gasteiger partial charge in [0.15, 0.2) is 5.78 Å². The molecule has 1 aliphatic heterocycles. The number of hydrogen-bond donors (Lipinski definition) is 0. The summed E-state index contributed by atoms with van der Waals surface area (Å²) in [6.45, 7) is 0. The Kier molecular flexibility index (Phi) is 3.55. The molecular formula is C16H18OS. The summed E-state index contributed by atoms with van der Waals surface area (Å²) >= 11 is 1.96. The Morgan fingerprint density at radius 1 is 1.17 bits per heavy atom. The molecule has 1 aromatic rings. The molecule has 0 bridgehead atoms. The van der Waals surface area contributed by atoms with E-state index in [4.69, 9.17) is 0 Å². The second-order valence-electron chi connectivity index (χ2n) is 5.23. The minimum atomic E-state index is 0.335. The zero-order valence-corrected chi connectivity index (χ0v) is 11.3. The molecule has 0 spiro atoms. The monoisotopic (exact) mass is 258 g/mol. The zero-order valence-electron chi connectivity index (χ0n) is 10.5. The fraction of sp³-hybridized carbons (Fsp3) is 0.438. The van der Waals surface area contributed by atoms with Gasteiger partial charge in [0.1, 0.15) is 0 Å². The lowest BCUT2D eigenvalue weighted by Crippen LogP contribution is -2.00. The van der Waals surface area contributed by atoms with Gasteiger partial charge in [-0.25, -0.2) is 0 Å². The number of carbonyl (C=O) groups excluding carboxylic acids is 1. The highest BCUT2D eigenvalue weighted by Crippen LogP contribution is 2.42. The Hall–Kier alpha value is -1.02. The molecule has 1 aliphatic carbocycles. The molecule has 0 saturated heterocycles. The predicted molar refractivity (Wildman–Crippen MR) is 76.1 cm³/mol. The fourth-order valence-electron chi connectivity index (χ4n) is 2.90. The summed E-state index contributed by atoms with van der Waals surface area (Å²) in [6.07, 6.45) is 7.12. The first kappa shape index (κ1) is 12.0. The summed E-state index contributed by atoms with van der Waals surface area (Å²) in [5.74, 6) is 2.12. The molecule has 0 N–H and O–H groups in total. The molecule has 0 amide bonds. The van der Waals surface area contributed by atoms with Crippen LogP contribution in [0, 0.1) is 0 Å². The molecule has 1 nitrogen and oxygen atoms in total. The first-order valence-electron chi connectivity index (χ1n) is 6.77. The maximum Gasteiger partial charge on any atom is 0.155 e. The third kappa shape index (κ3) is 2.54. The van der Waals surface area contributed by atoms with Crippen LogP contribution in [-0.4, -0.2) is 11.5 Å². The fourth-order valence-corrected chi connectivity index (χ4v) is 4.15. The van der Waals surface area contributed by atoms with E-state index >= 15 is 0 Å². The van der Waals surface area contributed by atoms with Gasteiger partial charge >= 0.3 is 0 Å². The maximum atomic E-state index is 11.6. The first-order chi connectivity index (χ1) is 8.83. The van der Waals surface area contributed by atoms with Crippen LogP contribution >= 0.6 is 11.8 Å². The topological polar surface area (TPSA) is 17.1 Å². The third-order valence-corrected chi connectivity index (χ3v) is 5.10. The maximum absolute atomic E-state index is 11.6. The Morgan fingerprint density at radius 2 is 2.00 bits per heavy atom. The van der Waals surface area contributed by atoms with Crippen LogP contribution in [0.1, 0.15) is 43.6 Å². The van der Waals surface area contributed by atoms with E-state index in [1.54, 1.807) is 0 Å². The molecule has 0 aromatic heterocycles. The molecule has 3 rings (SSSR count). The highest BCUT2D eigenvalue weighted by molar-refractivity contribution is 7.99. The Morgan fingerprint density at radius 3 is 2.94 bits per heavy atom. The molecule has 0 saturated carbocycles. The van der Waals surface area contributed by atoms with Crippen LogP contribution in [0.3, 0.4) is 0 Å². The Bertz CT molecular complexity index is 490. The Labute approximate surface area is 113 Å². The van der Waals surface area contributed by atoms with Crippen molar-refractivity contribution in [2.24, 2.45) is 0 Å². The van der Waals surface area contributed by atoms with Crippen LogP contribution in [0.15, 0.2) is 40.8 Å². The number of benzene rings is 1. The minimum absolute atomic E-state index is 0.335. The summed E-state index contributed by atoms with van der Waals surface area (Å²) in [7, 11) is 0. The standard InChI is InChI=1S/C16H18OS/c17-14-6-2-1-5-12(10-14)9-13-11-18-16-8-4-3-7-15(13)16/h3-4,7-8,10,13H,1-2,5-6,9,11H2. The van der Waals surface area contributed by atoms with Crippen molar-refractivity contribution in [1.29, 1.82) is 0 Å². The molecule has 2 heteroatoms. The van der Waals surface area contributed by atoms with E-state index in [1.165, 1.54) is 28.2 Å². The van der Waals surface area contributed by atoms with Crippen molar-refractivity contribution < 1.29 is 4.79 Å². The van der Waals surface area contributed by atoms with Crippen molar-refractivity contribution in [1.82, 2.24) is 0 Å². The van der Waals surface area contributed by atoms with Crippen LogP contribution in [0.4, 0.5) is 0 Å². The van der Waals surface area contributed by atoms with Crippen molar-refractivity contribution >= 4 is 17.5 Å². The van der Waals surface area contributed by atoms with E-state index in [2.05, 4.69) is 24.3 Å². The van der Waals surface area contributed by atoms with E-state index in [9.17, 15) is 4.79 Å². The van der Waals surface area contributed by atoms with E-state index in [1.807, 2.05) is 17.8 Å². The lowest BCUT2D eigenvalue weighted by atomic mass is 9.92. The second-order valence-corrected chi connectivity index (χ2v) is 6.29. The van der Waals surface area contributed by atoms with E-state index in [0.29, 0.717) is 11.7 Å². The van der Waals surface area contributed by atoms with Crippen LogP contribution in [-0.2, 0) is 4.79 Å². The van der Waals surface area contributed by atoms with Crippen molar-refractivity contribution in [2.75, 3.05) is 5.75 Å². The van der Waals surface area contributed by atoms with Crippen molar-refractivity contribution in [3.63, 3.8) is 0 Å². The molecule has 1 unspecified atom stereocenters. The second kappa shape index (κ2) is 5.31. The SMILES string of the molecule is O=C1C=C(CC2CSc3ccccc32)CCCC1. The number of hydrogen-bond acceptors (Lipinski definition) is 2. The molecular weight excluding hydrogens is 240 g/mol. The van der Waals surface area contributed by atoms with Gasteiger partial charge < -0.3 is 0 Å². The zero-order chi connectivity index (χ0) is 12.4. The lowest BCUT2D eigenvalue weighted by Gasteiger charge is -2.12. The number of carbonyl (C=O) groups is 1. The van der Waals surface area contributed by atoms with Gasteiger partial charge in [-0.2, -0.15) is 0 Å². The van der Waals surface area contributed by atoms with Gasteiger partial charge in [-0.3, -0.25) is 4.79 Å². The third-order valence-electron chi connectivity index (χ3n) is 3.84. The highest BCUT2D eigenvalue weighted by Gasteiger charge is 2.24. The van der Waals surface area contributed by atoms with E-state index in [-0.39, 0.29) is 0 Å². The van der Waals surface area contributed by atoms with Gasteiger partial charge in [0, 0.05) is 17.1 Å². The van der Waals surface area contributed by atoms with Gasteiger partial charge in [-0.1, -0.05) is 23.8 Å². The number of rotatable bonds is 2. The smallest absolute Gasteiger partial charge is 0.155 e. The van der Waals surface area contributed by atoms with Gasteiger partial charge in [-0.05, 0) is 49.3 Å². The van der Waals surface area contributed by atoms with Crippen molar-refractivity contribution in [2.45, 2.75) is 42.9 Å². The normalized spacial score (nSPS) is 23.4. The molecule has 94 valence electrons. The molecule has 1 heterocycles. The first-order valence-corrected chi connectivity index (χ1v) is 7.75. The van der Waals surface area contributed by atoms with Crippen LogP contribution in [0.25, 0.3) is 0 Å². The number of allylic oxidation sites excluding steroid dienone is 2. The lowest BCUT2D eigenvalue weighted by molar-refractivity contribution is -0.114.